The Labute approximate surface area is 274 Å². The molecule has 2 unspecified atom stereocenters. The number of aromatic amines is 2. The first-order valence-electron chi connectivity index (χ1n) is 16.2. The van der Waals surface area contributed by atoms with Crippen molar-refractivity contribution in [2.24, 2.45) is 22.7 Å². The minimum Gasteiger partial charge on any atom is -0.461 e. The molecule has 8 nitrogen and oxygen atoms in total. The number of ether oxygens (including phenoxy) is 2. The molecule has 0 radical (unpaired) electrons. The van der Waals surface area contributed by atoms with Crippen LogP contribution in [0.1, 0.15) is 112 Å². The lowest BCUT2D eigenvalue weighted by atomic mass is 9.71. The molecule has 0 aromatic carbocycles. The van der Waals surface area contributed by atoms with Crippen LogP contribution in [0.2, 0.25) is 0 Å². The highest BCUT2D eigenvalue weighted by Gasteiger charge is 2.31. The van der Waals surface area contributed by atoms with Crippen molar-refractivity contribution >= 4 is 49.9 Å². The van der Waals surface area contributed by atoms with Gasteiger partial charge in [0.15, 0.2) is 0 Å². The lowest BCUT2D eigenvalue weighted by Crippen LogP contribution is -2.27. The van der Waals surface area contributed by atoms with E-state index in [-0.39, 0.29) is 11.9 Å². The zero-order chi connectivity index (χ0) is 32.7. The van der Waals surface area contributed by atoms with Crippen molar-refractivity contribution in [2.45, 2.75) is 93.9 Å². The molecule has 4 heterocycles. The number of hydrogen-bond acceptors (Lipinski definition) is 6. The maximum absolute atomic E-state index is 12.0. The predicted molar refractivity (Wildman–Crippen MR) is 182 cm³/mol. The van der Waals surface area contributed by atoms with E-state index in [1.807, 2.05) is 6.92 Å². The van der Waals surface area contributed by atoms with Gasteiger partial charge >= 0.3 is 11.9 Å². The molecule has 4 aromatic rings. The first-order valence-corrected chi connectivity index (χ1v) is 17.0. The Morgan fingerprint density at radius 1 is 0.800 bits per heavy atom. The van der Waals surface area contributed by atoms with Crippen LogP contribution in [0, 0.1) is 22.7 Å². The van der Waals surface area contributed by atoms with Gasteiger partial charge in [0.1, 0.15) is 16.9 Å². The van der Waals surface area contributed by atoms with Crippen LogP contribution in [0.15, 0.2) is 22.7 Å². The summed E-state index contributed by atoms with van der Waals surface area (Å²) in [5, 5.41) is 0. The molecule has 9 heteroatoms. The Balaban J connectivity index is 0.000000178. The highest BCUT2D eigenvalue weighted by molar-refractivity contribution is 9.10. The number of esters is 2. The van der Waals surface area contributed by atoms with Gasteiger partial charge in [-0.1, -0.05) is 41.5 Å². The first kappa shape index (κ1) is 33.2. The van der Waals surface area contributed by atoms with Crippen molar-refractivity contribution in [1.82, 2.24) is 19.9 Å². The third-order valence-corrected chi connectivity index (χ3v) is 10.2. The van der Waals surface area contributed by atoms with Crippen molar-refractivity contribution in [1.29, 1.82) is 0 Å². The molecule has 2 N–H and O–H groups in total. The second-order valence-electron chi connectivity index (χ2n) is 14.6. The summed E-state index contributed by atoms with van der Waals surface area (Å²) in [7, 11) is 0. The van der Waals surface area contributed by atoms with Gasteiger partial charge in [-0.25, -0.2) is 14.6 Å². The van der Waals surface area contributed by atoms with E-state index >= 15 is 0 Å². The number of H-pyrrole nitrogens is 2. The lowest BCUT2D eigenvalue weighted by Gasteiger charge is -2.34. The quantitative estimate of drug-likeness (QED) is 0.209. The summed E-state index contributed by atoms with van der Waals surface area (Å²) >= 11 is 3.50. The Bertz CT molecular complexity index is 1720. The zero-order valence-electron chi connectivity index (χ0n) is 27.9. The largest absolute Gasteiger partial charge is 0.461 e. The van der Waals surface area contributed by atoms with Gasteiger partial charge in [0.05, 0.1) is 34.2 Å². The number of carbonyl (C=O) groups is 2. The highest BCUT2D eigenvalue weighted by Crippen LogP contribution is 2.39. The summed E-state index contributed by atoms with van der Waals surface area (Å²) in [6, 6.07) is 6.12. The van der Waals surface area contributed by atoms with Crippen molar-refractivity contribution in [3.05, 3.63) is 56.6 Å². The van der Waals surface area contributed by atoms with E-state index in [9.17, 15) is 9.59 Å². The van der Waals surface area contributed by atoms with Crippen molar-refractivity contribution in [3.8, 4) is 0 Å². The third kappa shape index (κ3) is 7.13. The van der Waals surface area contributed by atoms with Gasteiger partial charge in [-0.05, 0) is 120 Å². The number of rotatable bonds is 4. The van der Waals surface area contributed by atoms with Crippen molar-refractivity contribution in [2.75, 3.05) is 13.2 Å². The van der Waals surface area contributed by atoms with Crippen LogP contribution in [0.5, 0.6) is 0 Å². The second kappa shape index (κ2) is 12.9. The summed E-state index contributed by atoms with van der Waals surface area (Å²) in [5.74, 6) is 0.685. The maximum atomic E-state index is 12.0. The molecule has 4 aromatic heterocycles. The van der Waals surface area contributed by atoms with E-state index in [2.05, 4.69) is 79.6 Å². The van der Waals surface area contributed by atoms with Gasteiger partial charge in [-0.2, -0.15) is 0 Å². The molecule has 0 aliphatic heterocycles. The van der Waals surface area contributed by atoms with Crippen LogP contribution in [-0.2, 0) is 35.2 Å². The maximum Gasteiger partial charge on any atom is 0.356 e. The Morgan fingerprint density at radius 3 is 1.89 bits per heavy atom. The summed E-state index contributed by atoms with van der Waals surface area (Å²) in [6.45, 7) is 18.2. The number of aryl methyl sites for hydroxylation is 2. The standard InChI is InChI=1S/C18H23BrN2O2.C18H24N2O2/c1-5-23-17(22)16-14(19)15-13(21-16)9-10-8-11(18(2,3)4)6-7-12(10)20-15;1-5-22-17(21)16-10-15-14(20-16)9-11-8-12(18(2,3)4)6-7-13(11)19-15/h9,11,21H,5-8H2,1-4H3;9-10,12,20H,5-8H2,1-4H3. The monoisotopic (exact) mass is 678 g/mol. The van der Waals surface area contributed by atoms with Crippen LogP contribution in [0.25, 0.3) is 22.1 Å². The number of fused-ring (bicyclic) bond motifs is 4. The van der Waals surface area contributed by atoms with Gasteiger partial charge in [0.2, 0.25) is 0 Å². The number of halogens is 1. The number of nitrogens with zero attached hydrogens (tertiary/aromatic N) is 2. The van der Waals surface area contributed by atoms with Crippen LogP contribution < -0.4 is 0 Å². The van der Waals surface area contributed by atoms with Gasteiger partial charge in [0.25, 0.3) is 0 Å². The van der Waals surface area contributed by atoms with Gasteiger partial charge in [0, 0.05) is 11.4 Å². The molecule has 0 amide bonds. The minimum atomic E-state index is -0.345. The predicted octanol–water partition coefficient (Wildman–Crippen LogP) is 8.54. The fourth-order valence-electron chi connectivity index (χ4n) is 6.58. The molecular formula is C36H47BrN4O4. The van der Waals surface area contributed by atoms with E-state index in [4.69, 9.17) is 19.4 Å². The molecule has 0 spiro atoms. The van der Waals surface area contributed by atoms with E-state index in [1.165, 1.54) is 29.7 Å². The molecule has 45 heavy (non-hydrogen) atoms. The summed E-state index contributed by atoms with van der Waals surface area (Å²) in [6.07, 6.45) is 6.49. The Kier molecular flexibility index (Phi) is 9.50. The molecule has 0 bridgehead atoms. The normalized spacial score (nSPS) is 18.2. The molecular weight excluding hydrogens is 632 g/mol. The average molecular weight is 680 g/mol. The highest BCUT2D eigenvalue weighted by atomic mass is 79.9. The number of aromatic nitrogens is 4. The fraction of sp³-hybridized carbons (Fsp3) is 0.556. The summed E-state index contributed by atoms with van der Waals surface area (Å²) < 4.78 is 10.8. The van der Waals surface area contributed by atoms with Gasteiger partial charge in [-0.15, -0.1) is 0 Å². The third-order valence-electron chi connectivity index (χ3n) is 9.47. The van der Waals surface area contributed by atoms with Crippen LogP contribution in [-0.4, -0.2) is 45.1 Å². The first-order chi connectivity index (χ1) is 21.2. The molecule has 2 aliphatic carbocycles. The number of carbonyl (C=O) groups excluding carboxylic acids is 2. The van der Waals surface area contributed by atoms with Crippen LogP contribution in [0.3, 0.4) is 0 Å². The molecule has 2 aliphatic rings. The lowest BCUT2D eigenvalue weighted by molar-refractivity contribution is 0.0510. The average Bonchev–Trinajstić information content (AvgIpc) is 3.54. The Morgan fingerprint density at radius 2 is 1.33 bits per heavy atom. The fourth-order valence-corrected chi connectivity index (χ4v) is 7.15. The Hall–Kier alpha value is -3.20. The van der Waals surface area contributed by atoms with Crippen LogP contribution in [0.4, 0.5) is 0 Å². The number of nitrogens with one attached hydrogen (secondary N) is 2. The smallest absolute Gasteiger partial charge is 0.356 e. The van der Waals surface area contributed by atoms with E-state index < -0.39 is 0 Å². The zero-order valence-corrected chi connectivity index (χ0v) is 29.5. The molecule has 0 saturated carbocycles. The van der Waals surface area contributed by atoms with E-state index in [0.29, 0.717) is 51.7 Å². The summed E-state index contributed by atoms with van der Waals surface area (Å²) in [4.78, 5) is 39.7. The SMILES string of the molecule is CCOC(=O)c1[nH]c2cc3c(nc2c1Br)CCC(C(C)(C)C)C3.CCOC(=O)c1cc2nc3c(cc2[nH]1)CC(C(C)(C)C)CC3. The molecule has 2 atom stereocenters. The van der Waals surface area contributed by atoms with Crippen molar-refractivity contribution in [3.63, 3.8) is 0 Å². The van der Waals surface area contributed by atoms with Gasteiger partial charge in [-0.3, -0.25) is 4.98 Å². The van der Waals surface area contributed by atoms with Crippen LogP contribution >= 0.6 is 15.9 Å². The molecule has 242 valence electrons. The topological polar surface area (TPSA) is 110 Å². The van der Waals surface area contributed by atoms with E-state index in [1.54, 1.807) is 13.0 Å². The molecule has 6 rings (SSSR count). The second-order valence-corrected chi connectivity index (χ2v) is 15.4. The van der Waals surface area contributed by atoms with E-state index in [0.717, 1.165) is 53.4 Å². The summed E-state index contributed by atoms with van der Waals surface area (Å²) in [5.41, 5.74) is 10.0. The number of hydrogen-bond donors (Lipinski definition) is 2. The molecule has 0 saturated heterocycles. The van der Waals surface area contributed by atoms with Gasteiger partial charge < -0.3 is 19.4 Å². The minimum absolute atomic E-state index is 0.305. The van der Waals surface area contributed by atoms with Crippen molar-refractivity contribution < 1.29 is 19.1 Å². The molecule has 0 fully saturated rings. The number of pyridine rings is 2.